The summed E-state index contributed by atoms with van der Waals surface area (Å²) < 4.78 is 16.5. The first kappa shape index (κ1) is 37.8. The summed E-state index contributed by atoms with van der Waals surface area (Å²) in [4.78, 5) is 48.0. The van der Waals surface area contributed by atoms with Crippen molar-refractivity contribution in [1.82, 2.24) is 10.6 Å². The molecule has 0 spiro atoms. The van der Waals surface area contributed by atoms with Crippen LogP contribution < -0.4 is 26.4 Å². The van der Waals surface area contributed by atoms with E-state index >= 15 is 0 Å². The molecule has 0 aromatic heterocycles. The number of aliphatic hydroxyl groups is 1. The third kappa shape index (κ3) is 14.3. The first-order valence-corrected chi connectivity index (χ1v) is 14.2. The van der Waals surface area contributed by atoms with Crippen molar-refractivity contribution in [3.63, 3.8) is 0 Å². The zero-order chi connectivity index (χ0) is 31.7. The number of carbonyl (C=O) groups excluding carboxylic acids is 4. The molecule has 0 aliphatic carbocycles. The van der Waals surface area contributed by atoms with E-state index in [0.29, 0.717) is 5.56 Å². The fourth-order valence-electron chi connectivity index (χ4n) is 3.70. The maximum absolute atomic E-state index is 12.7. The molecule has 0 bridgehead atoms. The number of rotatable bonds is 12. The monoisotopic (exact) mass is 582 g/mol. The van der Waals surface area contributed by atoms with Crippen molar-refractivity contribution < 1.29 is 38.5 Å². The van der Waals surface area contributed by atoms with Gasteiger partial charge in [-0.25, -0.2) is 0 Å². The molecular formula is C29H50N4O8. The number of ether oxygens (including phenoxy) is 3. The highest BCUT2D eigenvalue weighted by Gasteiger charge is 2.33. The number of nitrogens with one attached hydrogen (secondary N) is 3. The number of anilines is 1. The van der Waals surface area contributed by atoms with E-state index < -0.39 is 42.3 Å². The van der Waals surface area contributed by atoms with E-state index in [2.05, 4.69) is 16.0 Å². The molecule has 234 valence electrons. The number of primary amides is 1. The quantitative estimate of drug-likeness (QED) is 0.232. The van der Waals surface area contributed by atoms with Gasteiger partial charge in [0.05, 0.1) is 24.4 Å². The normalized spacial score (nSPS) is 18.6. The topological polar surface area (TPSA) is 178 Å². The van der Waals surface area contributed by atoms with Crippen LogP contribution >= 0.6 is 0 Å². The Bertz CT molecular complexity index is 970. The number of esters is 1. The van der Waals surface area contributed by atoms with E-state index in [9.17, 15) is 24.3 Å². The molecule has 12 nitrogen and oxygen atoms in total. The summed E-state index contributed by atoms with van der Waals surface area (Å²) in [5.74, 6) is -1.82. The van der Waals surface area contributed by atoms with Crippen molar-refractivity contribution in [2.24, 2.45) is 11.7 Å². The zero-order valence-corrected chi connectivity index (χ0v) is 25.9. The first-order chi connectivity index (χ1) is 19.3. The SMILES string of the molecule is CC.CC.CC(=O)OCc1ccc(NC(=O)CNC(=O)C(NC(C)C)C(C)C)c(OC2CC(O)CC(C(N)=O)O2)c1. The van der Waals surface area contributed by atoms with Crippen molar-refractivity contribution >= 4 is 29.4 Å². The largest absolute Gasteiger partial charge is 0.463 e. The Morgan fingerprint density at radius 1 is 1.07 bits per heavy atom. The lowest BCUT2D eigenvalue weighted by molar-refractivity contribution is -0.182. The number of hydrogen-bond acceptors (Lipinski definition) is 9. The van der Waals surface area contributed by atoms with E-state index in [0.717, 1.165) is 0 Å². The van der Waals surface area contributed by atoms with E-state index in [1.807, 2.05) is 55.4 Å². The predicted octanol–water partition coefficient (Wildman–Crippen LogP) is 2.61. The molecule has 2 rings (SSSR count). The van der Waals surface area contributed by atoms with Crippen LogP contribution in [0.15, 0.2) is 18.2 Å². The van der Waals surface area contributed by atoms with Gasteiger partial charge in [0, 0.05) is 25.8 Å². The molecule has 1 aliphatic heterocycles. The van der Waals surface area contributed by atoms with Crippen LogP contribution in [0.3, 0.4) is 0 Å². The average molecular weight is 583 g/mol. The highest BCUT2D eigenvalue weighted by Crippen LogP contribution is 2.30. The highest BCUT2D eigenvalue weighted by molar-refractivity contribution is 5.96. The van der Waals surface area contributed by atoms with Crippen molar-refractivity contribution in [2.75, 3.05) is 11.9 Å². The maximum Gasteiger partial charge on any atom is 0.302 e. The molecule has 1 aromatic rings. The molecule has 1 saturated heterocycles. The van der Waals surface area contributed by atoms with Crippen LogP contribution in [0.5, 0.6) is 5.75 Å². The minimum atomic E-state index is -1.03. The minimum Gasteiger partial charge on any atom is -0.463 e. The van der Waals surface area contributed by atoms with Gasteiger partial charge in [0.1, 0.15) is 18.5 Å². The average Bonchev–Trinajstić information content (AvgIpc) is 2.92. The lowest BCUT2D eigenvalue weighted by atomic mass is 10.0. The van der Waals surface area contributed by atoms with E-state index in [-0.39, 0.29) is 55.3 Å². The molecule has 41 heavy (non-hydrogen) atoms. The second kappa shape index (κ2) is 19.8. The van der Waals surface area contributed by atoms with Gasteiger partial charge in [-0.2, -0.15) is 0 Å². The molecule has 4 unspecified atom stereocenters. The molecular weight excluding hydrogens is 532 g/mol. The van der Waals surface area contributed by atoms with Crippen LogP contribution in [0.2, 0.25) is 0 Å². The van der Waals surface area contributed by atoms with Crippen LogP contribution in [0.25, 0.3) is 0 Å². The number of carbonyl (C=O) groups is 4. The van der Waals surface area contributed by atoms with Crippen molar-refractivity contribution in [3.8, 4) is 5.75 Å². The van der Waals surface area contributed by atoms with Crippen LogP contribution in [-0.2, 0) is 35.3 Å². The van der Waals surface area contributed by atoms with E-state index in [4.69, 9.17) is 19.9 Å². The van der Waals surface area contributed by atoms with Crippen molar-refractivity contribution in [3.05, 3.63) is 23.8 Å². The molecule has 3 amide bonds. The van der Waals surface area contributed by atoms with Crippen LogP contribution in [0, 0.1) is 5.92 Å². The Kier molecular flexibility index (Phi) is 18.2. The second-order valence-electron chi connectivity index (χ2n) is 9.62. The van der Waals surface area contributed by atoms with Gasteiger partial charge >= 0.3 is 5.97 Å². The van der Waals surface area contributed by atoms with Crippen molar-refractivity contribution in [2.45, 2.75) is 112 Å². The summed E-state index contributed by atoms with van der Waals surface area (Å²) in [5, 5.41) is 18.6. The van der Waals surface area contributed by atoms with Crippen LogP contribution in [-0.4, -0.2) is 65.9 Å². The first-order valence-electron chi connectivity index (χ1n) is 14.2. The molecule has 0 radical (unpaired) electrons. The van der Waals surface area contributed by atoms with Gasteiger partial charge in [-0.1, -0.05) is 61.5 Å². The Hall–Kier alpha value is -3.22. The molecule has 1 fully saturated rings. The zero-order valence-electron chi connectivity index (χ0n) is 25.9. The van der Waals surface area contributed by atoms with Gasteiger partial charge in [0.15, 0.2) is 0 Å². The predicted molar refractivity (Wildman–Crippen MR) is 157 cm³/mol. The summed E-state index contributed by atoms with van der Waals surface area (Å²) in [6.07, 6.45) is -2.80. The third-order valence-electron chi connectivity index (χ3n) is 5.49. The minimum absolute atomic E-state index is 0.0188. The smallest absolute Gasteiger partial charge is 0.302 e. The van der Waals surface area contributed by atoms with Gasteiger partial charge in [0.25, 0.3) is 0 Å². The summed E-state index contributed by atoms with van der Waals surface area (Å²) in [5.41, 5.74) is 6.15. The summed E-state index contributed by atoms with van der Waals surface area (Å²) in [7, 11) is 0. The Labute approximate surface area is 244 Å². The number of amides is 3. The van der Waals surface area contributed by atoms with Crippen LogP contribution in [0.4, 0.5) is 5.69 Å². The molecule has 0 saturated carbocycles. The standard InChI is InChI=1S/C25H38N4O8.2C2H6/c1-13(2)23(28-14(3)4)25(34)27-11-21(32)29-18-7-6-16(12-35-15(5)30)8-19(18)36-22-10-17(31)9-20(37-22)24(26)33;2*1-2/h6-8,13-14,17,20,22-23,28,31H,9-12H2,1-5H3,(H2,26,33)(H,27,34)(H,29,32);2*1-2H3. The fraction of sp³-hybridized carbons (Fsp3) is 0.655. The van der Waals surface area contributed by atoms with E-state index in [1.54, 1.807) is 18.2 Å². The maximum atomic E-state index is 12.7. The van der Waals surface area contributed by atoms with Gasteiger partial charge < -0.3 is 41.0 Å². The van der Waals surface area contributed by atoms with Gasteiger partial charge in [0.2, 0.25) is 24.0 Å². The van der Waals surface area contributed by atoms with Gasteiger partial charge in [-0.15, -0.1) is 0 Å². The summed E-state index contributed by atoms with van der Waals surface area (Å²) in [6, 6.07) is 4.36. The molecule has 6 N–H and O–H groups in total. The lowest BCUT2D eigenvalue weighted by Gasteiger charge is -2.32. The third-order valence-corrected chi connectivity index (χ3v) is 5.49. The molecule has 1 heterocycles. The number of benzene rings is 1. The molecule has 12 heteroatoms. The van der Waals surface area contributed by atoms with Crippen LogP contribution in [0.1, 0.15) is 80.7 Å². The van der Waals surface area contributed by atoms with Crippen molar-refractivity contribution in [1.29, 1.82) is 0 Å². The Morgan fingerprint density at radius 3 is 2.24 bits per heavy atom. The summed E-state index contributed by atoms with van der Waals surface area (Å²) >= 11 is 0. The summed E-state index contributed by atoms with van der Waals surface area (Å²) in [6.45, 7) is 16.7. The fourth-order valence-corrected chi connectivity index (χ4v) is 3.70. The number of hydrogen-bond donors (Lipinski definition) is 5. The number of nitrogens with two attached hydrogens (primary N) is 1. The second-order valence-corrected chi connectivity index (χ2v) is 9.62. The van der Waals surface area contributed by atoms with Gasteiger partial charge in [-0.3, -0.25) is 19.2 Å². The van der Waals surface area contributed by atoms with Gasteiger partial charge in [-0.05, 0) is 23.6 Å². The number of aliphatic hydroxyl groups excluding tert-OH is 1. The molecule has 1 aromatic carbocycles. The Balaban J connectivity index is 0.00000382. The lowest BCUT2D eigenvalue weighted by Crippen LogP contribution is -2.51. The molecule has 4 atom stereocenters. The highest BCUT2D eigenvalue weighted by atomic mass is 16.7. The Morgan fingerprint density at radius 2 is 1.71 bits per heavy atom. The molecule has 1 aliphatic rings. The van der Waals surface area contributed by atoms with E-state index in [1.165, 1.54) is 6.92 Å².